The predicted molar refractivity (Wildman–Crippen MR) is 53.4 cm³/mol. The van der Waals surface area contributed by atoms with Gasteiger partial charge in [-0.1, -0.05) is 5.92 Å². The minimum Gasteiger partial charge on any atom is -0.373 e. The van der Waals surface area contributed by atoms with E-state index in [1.807, 2.05) is 6.92 Å². The first kappa shape index (κ1) is 11.0. The minimum atomic E-state index is -0.138. The Morgan fingerprint density at radius 2 is 2.43 bits per heavy atom. The first-order valence-electron chi connectivity index (χ1n) is 4.74. The summed E-state index contributed by atoms with van der Waals surface area (Å²) < 4.78 is 5.43. The quantitative estimate of drug-likeness (QED) is 0.580. The Kier molecular flexibility index (Phi) is 3.93. The zero-order valence-electron chi connectivity index (χ0n) is 8.62. The Bertz CT molecular complexity index is 265. The molecule has 1 aliphatic rings. The van der Waals surface area contributed by atoms with Gasteiger partial charge in [-0.15, -0.1) is 0 Å². The first-order chi connectivity index (χ1) is 6.65. The Morgan fingerprint density at radius 1 is 1.71 bits per heavy atom. The molecule has 0 spiro atoms. The van der Waals surface area contributed by atoms with Gasteiger partial charge in [0, 0.05) is 19.1 Å². The van der Waals surface area contributed by atoms with Crippen molar-refractivity contribution in [3.8, 4) is 11.8 Å². The highest BCUT2D eigenvalue weighted by atomic mass is 16.5. The lowest BCUT2D eigenvalue weighted by atomic mass is 10.1. The molecule has 1 amide bonds. The third kappa shape index (κ3) is 2.72. The molecule has 14 heavy (non-hydrogen) atoms. The third-order valence-electron chi connectivity index (χ3n) is 2.20. The highest BCUT2D eigenvalue weighted by Crippen LogP contribution is 2.07. The monoisotopic (exact) mass is 196 g/mol. The summed E-state index contributed by atoms with van der Waals surface area (Å²) in [5, 5.41) is 0. The van der Waals surface area contributed by atoms with Gasteiger partial charge in [-0.05, 0) is 19.8 Å². The molecule has 0 aromatic carbocycles. The normalized spacial score (nSPS) is 23.6. The van der Waals surface area contributed by atoms with Crippen LogP contribution in [0.25, 0.3) is 0 Å². The highest BCUT2D eigenvalue weighted by Gasteiger charge is 2.25. The zero-order chi connectivity index (χ0) is 10.6. The minimum absolute atomic E-state index is 0.0554. The second kappa shape index (κ2) is 4.99. The molecule has 0 saturated carbocycles. The first-order valence-corrected chi connectivity index (χ1v) is 4.74. The lowest BCUT2D eigenvalue weighted by Crippen LogP contribution is -2.51. The largest absolute Gasteiger partial charge is 0.373 e. The Balaban J connectivity index is 2.54. The van der Waals surface area contributed by atoms with Gasteiger partial charge in [0.15, 0.2) is 0 Å². The number of hydrogen-bond acceptors (Lipinski definition) is 3. The molecule has 1 fully saturated rings. The summed E-state index contributed by atoms with van der Waals surface area (Å²) in [5.74, 6) is 4.97. The number of carbonyl (C=O) groups excluding carboxylic acids is 1. The van der Waals surface area contributed by atoms with Crippen molar-refractivity contribution < 1.29 is 9.53 Å². The number of nitrogens with zero attached hydrogens (tertiary/aromatic N) is 1. The molecule has 1 aliphatic heterocycles. The van der Waals surface area contributed by atoms with Crippen molar-refractivity contribution >= 4 is 5.91 Å². The molecular weight excluding hydrogens is 180 g/mol. The van der Waals surface area contributed by atoms with Crippen molar-refractivity contribution in [3.63, 3.8) is 0 Å². The van der Waals surface area contributed by atoms with E-state index in [-0.39, 0.29) is 18.1 Å². The molecule has 0 aromatic heterocycles. The Labute approximate surface area is 84.4 Å². The van der Waals surface area contributed by atoms with E-state index >= 15 is 0 Å². The van der Waals surface area contributed by atoms with Crippen molar-refractivity contribution in [1.29, 1.82) is 0 Å². The molecule has 0 radical (unpaired) electrons. The molecular formula is C10H16N2O2. The smallest absolute Gasteiger partial charge is 0.298 e. The zero-order valence-corrected chi connectivity index (χ0v) is 8.62. The standard InChI is InChI=1S/C10H16N2O2/c1-3-4-10(13)12-5-6-14-9(7-12)8(2)11/h8-9H,5-7,11H2,1-2H3. The van der Waals surface area contributed by atoms with Crippen LogP contribution in [0.15, 0.2) is 0 Å². The van der Waals surface area contributed by atoms with Crippen molar-refractivity contribution in [2.24, 2.45) is 5.73 Å². The lowest BCUT2D eigenvalue weighted by molar-refractivity contribution is -0.133. The maximum atomic E-state index is 11.4. The van der Waals surface area contributed by atoms with Crippen molar-refractivity contribution in [1.82, 2.24) is 4.90 Å². The molecule has 2 unspecified atom stereocenters. The van der Waals surface area contributed by atoms with E-state index in [0.717, 1.165) is 0 Å². The summed E-state index contributed by atoms with van der Waals surface area (Å²) in [6.07, 6.45) is -0.0636. The number of hydrogen-bond donors (Lipinski definition) is 1. The molecule has 0 aromatic rings. The molecule has 78 valence electrons. The highest BCUT2D eigenvalue weighted by molar-refractivity contribution is 5.93. The van der Waals surface area contributed by atoms with Crippen LogP contribution >= 0.6 is 0 Å². The van der Waals surface area contributed by atoms with Gasteiger partial charge in [0.05, 0.1) is 12.7 Å². The van der Waals surface area contributed by atoms with Gasteiger partial charge in [0.25, 0.3) is 5.91 Å². The van der Waals surface area contributed by atoms with E-state index < -0.39 is 0 Å². The number of carbonyl (C=O) groups is 1. The van der Waals surface area contributed by atoms with Gasteiger partial charge in [-0.2, -0.15) is 0 Å². The summed E-state index contributed by atoms with van der Waals surface area (Å²) in [6.45, 7) is 5.23. The van der Waals surface area contributed by atoms with Gasteiger partial charge in [-0.25, -0.2) is 0 Å². The topological polar surface area (TPSA) is 55.6 Å². The van der Waals surface area contributed by atoms with E-state index in [0.29, 0.717) is 19.7 Å². The van der Waals surface area contributed by atoms with Crippen LogP contribution in [0.1, 0.15) is 13.8 Å². The SMILES string of the molecule is CC#CC(=O)N1CCOC(C(C)N)C1. The van der Waals surface area contributed by atoms with Crippen LogP contribution in [-0.2, 0) is 9.53 Å². The van der Waals surface area contributed by atoms with Crippen LogP contribution in [-0.4, -0.2) is 42.6 Å². The van der Waals surface area contributed by atoms with E-state index in [1.54, 1.807) is 11.8 Å². The maximum Gasteiger partial charge on any atom is 0.298 e. The summed E-state index contributed by atoms with van der Waals surface area (Å²) in [4.78, 5) is 13.1. The number of rotatable bonds is 1. The van der Waals surface area contributed by atoms with Crippen molar-refractivity contribution in [2.45, 2.75) is 26.0 Å². The fraction of sp³-hybridized carbons (Fsp3) is 0.700. The van der Waals surface area contributed by atoms with E-state index in [1.165, 1.54) is 0 Å². The van der Waals surface area contributed by atoms with E-state index in [9.17, 15) is 4.79 Å². The molecule has 0 bridgehead atoms. The molecule has 2 N–H and O–H groups in total. The molecule has 2 atom stereocenters. The Morgan fingerprint density at radius 3 is 3.00 bits per heavy atom. The van der Waals surface area contributed by atoms with Crippen LogP contribution in [0.3, 0.4) is 0 Å². The summed E-state index contributed by atoms with van der Waals surface area (Å²) in [5.41, 5.74) is 5.70. The molecule has 1 saturated heterocycles. The van der Waals surface area contributed by atoms with Crippen LogP contribution in [0.5, 0.6) is 0 Å². The van der Waals surface area contributed by atoms with Gasteiger partial charge in [0.1, 0.15) is 0 Å². The molecule has 0 aliphatic carbocycles. The van der Waals surface area contributed by atoms with Gasteiger partial charge in [-0.3, -0.25) is 4.79 Å². The van der Waals surface area contributed by atoms with Crippen LogP contribution in [0, 0.1) is 11.8 Å². The van der Waals surface area contributed by atoms with Crippen LogP contribution < -0.4 is 5.73 Å². The number of morpholine rings is 1. The van der Waals surface area contributed by atoms with Crippen LogP contribution in [0.4, 0.5) is 0 Å². The third-order valence-corrected chi connectivity index (χ3v) is 2.20. The van der Waals surface area contributed by atoms with Gasteiger partial charge < -0.3 is 15.4 Å². The van der Waals surface area contributed by atoms with Crippen molar-refractivity contribution in [3.05, 3.63) is 0 Å². The van der Waals surface area contributed by atoms with Gasteiger partial charge >= 0.3 is 0 Å². The van der Waals surface area contributed by atoms with Gasteiger partial charge in [0.2, 0.25) is 0 Å². The molecule has 1 heterocycles. The van der Waals surface area contributed by atoms with Crippen molar-refractivity contribution in [2.75, 3.05) is 19.7 Å². The van der Waals surface area contributed by atoms with E-state index in [2.05, 4.69) is 11.8 Å². The second-order valence-electron chi connectivity index (χ2n) is 3.39. The number of ether oxygens (including phenoxy) is 1. The summed E-state index contributed by atoms with van der Waals surface area (Å²) >= 11 is 0. The van der Waals surface area contributed by atoms with Crippen LogP contribution in [0.2, 0.25) is 0 Å². The summed E-state index contributed by atoms with van der Waals surface area (Å²) in [6, 6.07) is -0.0554. The molecule has 4 heteroatoms. The fourth-order valence-electron chi connectivity index (χ4n) is 1.36. The lowest BCUT2D eigenvalue weighted by Gasteiger charge is -2.33. The Hall–Kier alpha value is -1.05. The fourth-order valence-corrected chi connectivity index (χ4v) is 1.36. The maximum absolute atomic E-state index is 11.4. The number of nitrogens with two attached hydrogens (primary N) is 1. The molecule has 1 rings (SSSR count). The number of amides is 1. The van der Waals surface area contributed by atoms with E-state index in [4.69, 9.17) is 10.5 Å². The average Bonchev–Trinajstić information content (AvgIpc) is 2.18. The second-order valence-corrected chi connectivity index (χ2v) is 3.39. The predicted octanol–water partition coefficient (Wildman–Crippen LogP) is -0.416. The molecule has 4 nitrogen and oxygen atoms in total. The average molecular weight is 196 g/mol. The summed E-state index contributed by atoms with van der Waals surface area (Å²) in [7, 11) is 0.